The average molecular weight is 287 g/mol. The van der Waals surface area contributed by atoms with E-state index in [9.17, 15) is 4.79 Å². The van der Waals surface area contributed by atoms with Crippen LogP contribution in [-0.2, 0) is 0 Å². The normalized spacial score (nSPS) is 10.2. The van der Waals surface area contributed by atoms with Crippen molar-refractivity contribution in [1.29, 1.82) is 0 Å². The minimum Gasteiger partial charge on any atom is -0.395 e. The monoisotopic (exact) mass is 287 g/mol. The Balaban J connectivity index is 2.90. The highest BCUT2D eigenvalue weighted by atomic mass is 16.2. The van der Waals surface area contributed by atoms with Crippen LogP contribution in [0.1, 0.15) is 48.2 Å². The highest BCUT2D eigenvalue weighted by Gasteiger charge is 2.15. The van der Waals surface area contributed by atoms with E-state index in [1.54, 1.807) is 4.90 Å². The summed E-state index contributed by atoms with van der Waals surface area (Å²) in [5, 5.41) is 8.77. The fraction of sp³-hybridized carbons (Fsp3) is 0.500. The molecule has 0 unspecified atom stereocenters. The summed E-state index contributed by atoms with van der Waals surface area (Å²) in [4.78, 5) is 14.3. The first kappa shape index (κ1) is 17.3. The smallest absolute Gasteiger partial charge is 0.253 e. The number of carbonyl (C=O) groups is 1. The van der Waals surface area contributed by atoms with Crippen molar-refractivity contribution in [1.82, 2.24) is 4.90 Å². The van der Waals surface area contributed by atoms with E-state index >= 15 is 0 Å². The zero-order valence-electron chi connectivity index (χ0n) is 13.4. The molecule has 114 valence electrons. The first-order valence-electron chi connectivity index (χ1n) is 7.42. The second-order valence-corrected chi connectivity index (χ2v) is 5.66. The van der Waals surface area contributed by atoms with Crippen molar-refractivity contribution in [3.05, 3.63) is 34.9 Å². The highest BCUT2D eigenvalue weighted by molar-refractivity contribution is 5.96. The van der Waals surface area contributed by atoms with Gasteiger partial charge in [-0.25, -0.2) is 0 Å². The Morgan fingerprint density at radius 2 is 2.10 bits per heavy atom. The second kappa shape index (κ2) is 8.49. The van der Waals surface area contributed by atoms with Gasteiger partial charge < -0.3 is 10.0 Å². The lowest BCUT2D eigenvalue weighted by Gasteiger charge is -2.19. The summed E-state index contributed by atoms with van der Waals surface area (Å²) >= 11 is 0. The lowest BCUT2D eigenvalue weighted by atomic mass is 10.0. The fourth-order valence-corrected chi connectivity index (χ4v) is 1.98. The number of hydrogen-bond acceptors (Lipinski definition) is 2. The molecule has 0 atom stereocenters. The van der Waals surface area contributed by atoms with Gasteiger partial charge in [0.1, 0.15) is 0 Å². The molecule has 0 aromatic heterocycles. The molecule has 1 aromatic carbocycles. The Morgan fingerprint density at radius 1 is 1.38 bits per heavy atom. The van der Waals surface area contributed by atoms with Gasteiger partial charge in [0.2, 0.25) is 0 Å². The van der Waals surface area contributed by atoms with Gasteiger partial charge in [0.05, 0.1) is 6.61 Å². The number of benzene rings is 1. The summed E-state index contributed by atoms with van der Waals surface area (Å²) in [6.07, 6.45) is 1.45. The summed E-state index contributed by atoms with van der Waals surface area (Å²) in [6.45, 7) is 7.05. The predicted molar refractivity (Wildman–Crippen MR) is 86.2 cm³/mol. The van der Waals surface area contributed by atoms with Crippen LogP contribution < -0.4 is 0 Å². The Labute approximate surface area is 128 Å². The van der Waals surface area contributed by atoms with Crippen molar-refractivity contribution in [2.45, 2.75) is 33.6 Å². The van der Waals surface area contributed by atoms with Gasteiger partial charge in [0, 0.05) is 31.1 Å². The number of nitrogens with zero attached hydrogens (tertiary/aromatic N) is 1. The predicted octanol–water partition coefficient (Wildman–Crippen LogP) is 2.85. The minimum absolute atomic E-state index is 0.0407. The third-order valence-electron chi connectivity index (χ3n) is 3.41. The number of amides is 1. The van der Waals surface area contributed by atoms with Gasteiger partial charge in [-0.05, 0) is 37.0 Å². The van der Waals surface area contributed by atoms with Crippen LogP contribution in [0.5, 0.6) is 0 Å². The summed E-state index contributed by atoms with van der Waals surface area (Å²) in [5.74, 6) is 6.54. The molecule has 1 amide bonds. The molecule has 21 heavy (non-hydrogen) atoms. The molecule has 3 nitrogen and oxygen atoms in total. The number of rotatable bonds is 5. The van der Waals surface area contributed by atoms with Crippen LogP contribution in [0, 0.1) is 24.7 Å². The second-order valence-electron chi connectivity index (χ2n) is 5.66. The molecule has 0 spiro atoms. The van der Waals surface area contributed by atoms with Gasteiger partial charge in [-0.2, -0.15) is 0 Å². The van der Waals surface area contributed by atoms with Crippen LogP contribution in [0.25, 0.3) is 0 Å². The minimum atomic E-state index is 0.0407. The molecule has 0 aliphatic rings. The van der Waals surface area contributed by atoms with Crippen molar-refractivity contribution in [3.8, 4) is 11.8 Å². The van der Waals surface area contributed by atoms with Crippen molar-refractivity contribution < 1.29 is 9.90 Å². The van der Waals surface area contributed by atoms with Gasteiger partial charge in [-0.3, -0.25) is 4.79 Å². The van der Waals surface area contributed by atoms with E-state index in [0.29, 0.717) is 17.9 Å². The van der Waals surface area contributed by atoms with Crippen LogP contribution in [0.15, 0.2) is 18.2 Å². The standard InChI is InChI=1S/C18H25NO2/c1-14(2)11-12-19(4)18(21)17-10-7-9-16(15(17)3)8-5-6-13-20/h7,9-10,14,20H,6,11-13H2,1-4H3. The third kappa shape index (κ3) is 5.24. The van der Waals surface area contributed by atoms with E-state index in [2.05, 4.69) is 25.7 Å². The van der Waals surface area contributed by atoms with Crippen molar-refractivity contribution >= 4 is 5.91 Å². The molecule has 0 fully saturated rings. The van der Waals surface area contributed by atoms with Crippen LogP contribution in [0.2, 0.25) is 0 Å². The van der Waals surface area contributed by atoms with E-state index in [4.69, 9.17) is 5.11 Å². The molecule has 0 bridgehead atoms. The first-order valence-corrected chi connectivity index (χ1v) is 7.42. The molecular weight excluding hydrogens is 262 g/mol. The zero-order chi connectivity index (χ0) is 15.8. The molecule has 0 aliphatic heterocycles. The third-order valence-corrected chi connectivity index (χ3v) is 3.41. The Hall–Kier alpha value is -1.79. The van der Waals surface area contributed by atoms with Gasteiger partial charge in [0.25, 0.3) is 5.91 Å². The van der Waals surface area contributed by atoms with Crippen molar-refractivity contribution in [2.75, 3.05) is 20.2 Å². The number of aliphatic hydroxyl groups is 1. The fourth-order valence-electron chi connectivity index (χ4n) is 1.98. The van der Waals surface area contributed by atoms with Crippen molar-refractivity contribution in [2.24, 2.45) is 5.92 Å². The summed E-state index contributed by atoms with van der Waals surface area (Å²) < 4.78 is 0. The van der Waals surface area contributed by atoms with Crippen LogP contribution in [0.4, 0.5) is 0 Å². The quantitative estimate of drug-likeness (QED) is 0.846. The largest absolute Gasteiger partial charge is 0.395 e. The lowest BCUT2D eigenvalue weighted by Crippen LogP contribution is -2.29. The SMILES string of the molecule is Cc1c(C#CCCO)cccc1C(=O)N(C)CCC(C)C. The Morgan fingerprint density at radius 3 is 2.71 bits per heavy atom. The van der Waals surface area contributed by atoms with Crippen LogP contribution in [-0.4, -0.2) is 36.1 Å². The van der Waals surface area contributed by atoms with E-state index in [0.717, 1.165) is 24.1 Å². The molecule has 1 rings (SSSR count). The van der Waals surface area contributed by atoms with E-state index in [1.807, 2.05) is 32.2 Å². The maximum absolute atomic E-state index is 12.5. The lowest BCUT2D eigenvalue weighted by molar-refractivity contribution is 0.0788. The number of hydrogen-bond donors (Lipinski definition) is 1. The molecule has 3 heteroatoms. The topological polar surface area (TPSA) is 40.5 Å². The molecule has 0 saturated heterocycles. The summed E-state index contributed by atoms with van der Waals surface area (Å²) in [7, 11) is 1.84. The molecule has 0 radical (unpaired) electrons. The highest BCUT2D eigenvalue weighted by Crippen LogP contribution is 2.15. The summed E-state index contributed by atoms with van der Waals surface area (Å²) in [6, 6.07) is 5.62. The Bertz CT molecular complexity index is 538. The van der Waals surface area contributed by atoms with Gasteiger partial charge >= 0.3 is 0 Å². The summed E-state index contributed by atoms with van der Waals surface area (Å²) in [5.41, 5.74) is 2.47. The molecule has 0 saturated carbocycles. The molecule has 0 heterocycles. The average Bonchev–Trinajstić information content (AvgIpc) is 2.46. The van der Waals surface area contributed by atoms with Crippen LogP contribution in [0.3, 0.4) is 0 Å². The van der Waals surface area contributed by atoms with E-state index < -0.39 is 0 Å². The van der Waals surface area contributed by atoms with E-state index in [1.165, 1.54) is 0 Å². The number of aliphatic hydroxyl groups excluding tert-OH is 1. The maximum atomic E-state index is 12.5. The molecular formula is C18H25NO2. The molecule has 0 aliphatic carbocycles. The van der Waals surface area contributed by atoms with Gasteiger partial charge in [-0.1, -0.05) is 31.8 Å². The van der Waals surface area contributed by atoms with Gasteiger partial charge in [0.15, 0.2) is 0 Å². The van der Waals surface area contributed by atoms with Crippen LogP contribution >= 0.6 is 0 Å². The molecule has 1 aromatic rings. The molecule has 1 N–H and O–H groups in total. The Kier molecular flexibility index (Phi) is 6.98. The zero-order valence-corrected chi connectivity index (χ0v) is 13.4. The number of carbonyl (C=O) groups excluding carboxylic acids is 1. The van der Waals surface area contributed by atoms with E-state index in [-0.39, 0.29) is 12.5 Å². The van der Waals surface area contributed by atoms with Gasteiger partial charge in [-0.15, -0.1) is 0 Å². The first-order chi connectivity index (χ1) is 9.97. The van der Waals surface area contributed by atoms with Crippen molar-refractivity contribution in [3.63, 3.8) is 0 Å². The maximum Gasteiger partial charge on any atom is 0.253 e.